The van der Waals surface area contributed by atoms with Crippen molar-refractivity contribution in [2.45, 2.75) is 47.0 Å². The van der Waals surface area contributed by atoms with Gasteiger partial charge in [0.1, 0.15) is 0 Å². The van der Waals surface area contributed by atoms with Gasteiger partial charge < -0.3 is 9.64 Å². The number of allylic oxidation sites excluding steroid dienone is 2. The van der Waals surface area contributed by atoms with Crippen LogP contribution in [0.5, 0.6) is 0 Å². The minimum atomic E-state index is 0.101. The average molecular weight is 513 g/mol. The van der Waals surface area contributed by atoms with Crippen LogP contribution in [-0.2, 0) is 16.6 Å². The lowest BCUT2D eigenvalue weighted by Crippen LogP contribution is -2.35. The van der Waals surface area contributed by atoms with E-state index < -0.39 is 0 Å². The van der Waals surface area contributed by atoms with E-state index in [-0.39, 0.29) is 5.91 Å². The molecule has 1 aromatic carbocycles. The maximum atomic E-state index is 12.3. The lowest BCUT2D eigenvalue weighted by Gasteiger charge is -2.31. The van der Waals surface area contributed by atoms with Gasteiger partial charge in [-0.25, -0.2) is 0 Å². The molecule has 0 N–H and O–H groups in total. The Hall–Kier alpha value is -3.51. The molecule has 1 fully saturated rings. The Balaban J connectivity index is 0.00000164. The average Bonchev–Trinajstić information content (AvgIpc) is 3.39. The Bertz CT molecular complexity index is 1380. The number of carbonyl (C=O) groups excluding carboxylic acids is 1. The van der Waals surface area contributed by atoms with Crippen molar-refractivity contribution >= 4 is 22.3 Å². The van der Waals surface area contributed by atoms with Crippen LogP contribution >= 0.6 is 0 Å². The number of carbonyl (C=O) groups is 1. The zero-order chi connectivity index (χ0) is 27.2. The highest BCUT2D eigenvalue weighted by molar-refractivity contribution is 6.00. The van der Waals surface area contributed by atoms with Gasteiger partial charge in [-0.1, -0.05) is 44.7 Å². The second-order valence-electron chi connectivity index (χ2n) is 9.93. The van der Waals surface area contributed by atoms with Crippen LogP contribution in [-0.4, -0.2) is 51.9 Å². The van der Waals surface area contributed by atoms with Gasteiger partial charge in [-0.05, 0) is 71.4 Å². The first-order chi connectivity index (χ1) is 18.4. The molecule has 0 spiro atoms. The van der Waals surface area contributed by atoms with Gasteiger partial charge in [-0.3, -0.25) is 14.5 Å². The largest absolute Gasteiger partial charge is 0.381 e. The van der Waals surface area contributed by atoms with E-state index in [9.17, 15) is 4.79 Å². The summed E-state index contributed by atoms with van der Waals surface area (Å²) in [5.74, 6) is 0.645. The van der Waals surface area contributed by atoms with E-state index in [2.05, 4.69) is 49.0 Å². The number of nitrogens with zero attached hydrogens (tertiary/aromatic N) is 4. The molecule has 0 aliphatic carbocycles. The summed E-state index contributed by atoms with van der Waals surface area (Å²) in [5, 5.41) is 6.53. The first kappa shape index (κ1) is 27.5. The van der Waals surface area contributed by atoms with Crippen LogP contribution in [0.1, 0.15) is 51.2 Å². The van der Waals surface area contributed by atoms with Gasteiger partial charge in [0, 0.05) is 63.6 Å². The van der Waals surface area contributed by atoms with Crippen molar-refractivity contribution in [3.8, 4) is 11.3 Å². The summed E-state index contributed by atoms with van der Waals surface area (Å²) in [6.07, 6.45) is 13.3. The summed E-state index contributed by atoms with van der Waals surface area (Å²) >= 11 is 0. The van der Waals surface area contributed by atoms with Gasteiger partial charge in [0.15, 0.2) is 0 Å². The number of amides is 1. The molecule has 0 saturated carbocycles. The van der Waals surface area contributed by atoms with Gasteiger partial charge in [0.2, 0.25) is 5.91 Å². The summed E-state index contributed by atoms with van der Waals surface area (Å²) in [4.78, 5) is 19.0. The summed E-state index contributed by atoms with van der Waals surface area (Å²) in [6.45, 7) is 15.3. The van der Waals surface area contributed by atoms with Gasteiger partial charge in [-0.2, -0.15) is 5.10 Å². The van der Waals surface area contributed by atoms with E-state index in [1.54, 1.807) is 11.6 Å². The van der Waals surface area contributed by atoms with E-state index >= 15 is 0 Å². The van der Waals surface area contributed by atoms with Crippen LogP contribution in [0.25, 0.3) is 27.6 Å². The normalized spacial score (nSPS) is 16.6. The molecule has 2 aromatic heterocycles. The Kier molecular flexibility index (Phi) is 8.95. The second-order valence-corrected chi connectivity index (χ2v) is 9.93. The number of hydrogen-bond acceptors (Lipinski definition) is 4. The number of rotatable bonds is 5. The summed E-state index contributed by atoms with van der Waals surface area (Å²) < 4.78 is 7.31. The highest BCUT2D eigenvalue weighted by Crippen LogP contribution is 2.36. The summed E-state index contributed by atoms with van der Waals surface area (Å²) in [7, 11) is 1.91. The predicted octanol–water partition coefficient (Wildman–Crippen LogP) is 6.51. The first-order valence-electron chi connectivity index (χ1n) is 13.7. The molecule has 0 unspecified atom stereocenters. The van der Waals surface area contributed by atoms with Crippen molar-refractivity contribution in [3.63, 3.8) is 0 Å². The van der Waals surface area contributed by atoms with Gasteiger partial charge in [0.05, 0.1) is 11.9 Å². The molecule has 2 aliphatic heterocycles. The number of aryl methyl sites for hydroxylation is 2. The SMILES string of the molecule is C=C(C1=C(/C=C/C2CCOCC2)CCN(C(C)=O)C1)c1ccc(C)c2cc(-c3cnn(C)c3)ncc12.CC. The zero-order valence-corrected chi connectivity index (χ0v) is 23.5. The molecule has 6 nitrogen and oxygen atoms in total. The minimum absolute atomic E-state index is 0.101. The summed E-state index contributed by atoms with van der Waals surface area (Å²) in [5.41, 5.74) is 7.54. The Morgan fingerprint density at radius 2 is 1.92 bits per heavy atom. The fourth-order valence-electron chi connectivity index (χ4n) is 5.20. The zero-order valence-electron chi connectivity index (χ0n) is 23.5. The lowest BCUT2D eigenvalue weighted by molar-refractivity contribution is -0.128. The fourth-order valence-corrected chi connectivity index (χ4v) is 5.20. The molecule has 4 heterocycles. The number of hydrogen-bond donors (Lipinski definition) is 0. The van der Waals surface area contributed by atoms with Crippen molar-refractivity contribution in [1.29, 1.82) is 0 Å². The topological polar surface area (TPSA) is 60.2 Å². The molecular weight excluding hydrogens is 472 g/mol. The Morgan fingerprint density at radius 3 is 2.61 bits per heavy atom. The standard InChI is InChI=1S/C30H34N4O2.C2H6/c1-20-5-8-26(28-17-31-30(15-27(20)28)25-16-32-33(4)18-25)21(2)29-19-34(22(3)35)12-9-24(29)7-6-23-10-13-36-14-11-23;1-2/h5-8,15-18,23H,2,9-14,19H2,1,3-4H3;1-2H3/b7-6+;. The molecule has 3 aromatic rings. The number of ether oxygens (including phenoxy) is 1. The molecule has 1 saturated heterocycles. The number of pyridine rings is 1. The number of benzene rings is 1. The van der Waals surface area contributed by atoms with E-state index in [1.165, 1.54) is 11.1 Å². The third-order valence-electron chi connectivity index (χ3n) is 7.48. The fraction of sp³-hybridized carbons (Fsp3) is 0.406. The van der Waals surface area contributed by atoms with E-state index in [0.717, 1.165) is 77.8 Å². The monoisotopic (exact) mass is 512 g/mol. The predicted molar refractivity (Wildman–Crippen MR) is 156 cm³/mol. The van der Waals surface area contributed by atoms with E-state index in [4.69, 9.17) is 9.72 Å². The quantitative estimate of drug-likeness (QED) is 0.391. The van der Waals surface area contributed by atoms with Crippen molar-refractivity contribution in [1.82, 2.24) is 19.7 Å². The molecule has 0 bridgehead atoms. The van der Waals surface area contributed by atoms with E-state index in [1.807, 2.05) is 44.4 Å². The van der Waals surface area contributed by atoms with E-state index in [0.29, 0.717) is 12.5 Å². The van der Waals surface area contributed by atoms with Crippen molar-refractivity contribution in [2.24, 2.45) is 13.0 Å². The highest BCUT2D eigenvalue weighted by atomic mass is 16.5. The Labute approximate surface area is 226 Å². The third-order valence-corrected chi connectivity index (χ3v) is 7.48. The molecule has 2 aliphatic rings. The van der Waals surface area contributed by atoms with Crippen molar-refractivity contribution in [3.05, 3.63) is 77.8 Å². The van der Waals surface area contributed by atoms with Crippen molar-refractivity contribution in [2.75, 3.05) is 26.3 Å². The smallest absolute Gasteiger partial charge is 0.219 e. The maximum absolute atomic E-state index is 12.3. The first-order valence-corrected chi connectivity index (χ1v) is 13.7. The highest BCUT2D eigenvalue weighted by Gasteiger charge is 2.23. The molecule has 200 valence electrons. The molecule has 5 rings (SSSR count). The van der Waals surface area contributed by atoms with Crippen molar-refractivity contribution < 1.29 is 9.53 Å². The summed E-state index contributed by atoms with van der Waals surface area (Å²) in [6, 6.07) is 6.44. The van der Waals surface area contributed by atoms with Crippen LogP contribution in [0.15, 0.2) is 66.7 Å². The Morgan fingerprint density at radius 1 is 1.16 bits per heavy atom. The third kappa shape index (κ3) is 5.97. The number of fused-ring (bicyclic) bond motifs is 1. The van der Waals surface area contributed by atoms with Gasteiger partial charge >= 0.3 is 0 Å². The molecule has 38 heavy (non-hydrogen) atoms. The molecular formula is C32H40N4O2. The lowest BCUT2D eigenvalue weighted by atomic mass is 9.87. The molecule has 0 atom stereocenters. The number of aromatic nitrogens is 3. The van der Waals surface area contributed by atoms with Crippen LogP contribution in [0, 0.1) is 12.8 Å². The van der Waals surface area contributed by atoms with Crippen LogP contribution < -0.4 is 0 Å². The minimum Gasteiger partial charge on any atom is -0.381 e. The molecule has 0 radical (unpaired) electrons. The van der Waals surface area contributed by atoms with Crippen LogP contribution in [0.2, 0.25) is 0 Å². The second kappa shape index (κ2) is 12.4. The molecule has 1 amide bonds. The molecule has 6 heteroatoms. The van der Waals surface area contributed by atoms with Gasteiger partial charge in [0.25, 0.3) is 0 Å². The van der Waals surface area contributed by atoms with Crippen LogP contribution in [0.3, 0.4) is 0 Å². The maximum Gasteiger partial charge on any atom is 0.219 e. The van der Waals surface area contributed by atoms with Gasteiger partial charge in [-0.15, -0.1) is 0 Å². The van der Waals surface area contributed by atoms with Crippen LogP contribution in [0.4, 0.5) is 0 Å².